The van der Waals surface area contributed by atoms with Gasteiger partial charge in [0.15, 0.2) is 5.82 Å². The van der Waals surface area contributed by atoms with Crippen LogP contribution in [0.4, 0.5) is 0 Å². The van der Waals surface area contributed by atoms with Gasteiger partial charge in [-0.25, -0.2) is 4.98 Å². The lowest BCUT2D eigenvalue weighted by Gasteiger charge is -1.95. The van der Waals surface area contributed by atoms with Crippen LogP contribution in [-0.2, 0) is 6.42 Å². The molecule has 0 fully saturated rings. The van der Waals surface area contributed by atoms with E-state index < -0.39 is 0 Å². The Hall–Kier alpha value is -1.45. The van der Waals surface area contributed by atoms with Crippen LogP contribution in [0.1, 0.15) is 30.9 Å². The predicted molar refractivity (Wildman–Crippen MR) is 49.5 cm³/mol. The van der Waals surface area contributed by atoms with Gasteiger partial charge in [0.25, 0.3) is 5.91 Å². The van der Waals surface area contributed by atoms with Crippen LogP contribution in [0.15, 0.2) is 18.5 Å². The highest BCUT2D eigenvalue weighted by atomic mass is 16.2. The summed E-state index contributed by atoms with van der Waals surface area (Å²) in [5.74, 6) is 0.506. The number of nitrogens with zero attached hydrogens (tertiary/aromatic N) is 3. The molecule has 0 bridgehead atoms. The maximum absolute atomic E-state index is 11.3. The fourth-order valence-electron chi connectivity index (χ4n) is 0.929. The second-order valence-corrected chi connectivity index (χ2v) is 2.94. The lowest BCUT2D eigenvalue weighted by atomic mass is 10.3. The van der Waals surface area contributed by atoms with E-state index in [0.717, 1.165) is 12.8 Å². The van der Waals surface area contributed by atoms with Crippen molar-refractivity contribution in [1.29, 1.82) is 0 Å². The number of carbonyl (C=O) groups is 1. The Morgan fingerprint density at radius 3 is 2.92 bits per heavy atom. The first-order valence-corrected chi connectivity index (χ1v) is 4.26. The van der Waals surface area contributed by atoms with Crippen LogP contribution in [0.5, 0.6) is 0 Å². The quantitative estimate of drug-likeness (QED) is 0.660. The highest BCUT2D eigenvalue weighted by Gasteiger charge is 2.07. The van der Waals surface area contributed by atoms with Gasteiger partial charge < -0.3 is 0 Å². The Balaban J connectivity index is 2.79. The lowest BCUT2D eigenvalue weighted by Crippen LogP contribution is -2.11. The van der Waals surface area contributed by atoms with Crippen molar-refractivity contribution in [3.63, 3.8) is 0 Å². The molecule has 70 valence electrons. The minimum Gasteiger partial charge on any atom is -0.267 e. The second-order valence-electron chi connectivity index (χ2n) is 2.94. The first-order chi connectivity index (χ1) is 6.15. The van der Waals surface area contributed by atoms with Gasteiger partial charge in [0, 0.05) is 12.0 Å². The number of aromatic nitrogens is 3. The minimum absolute atomic E-state index is 0.199. The standard InChI is InChI=1S/C9H13N3O/c1-4-5-8-10-6-12(11-8)9(13)7(2)3/h6H,2,4-5H2,1,3H3. The number of hydrogen-bond acceptors (Lipinski definition) is 3. The molecule has 0 atom stereocenters. The summed E-state index contributed by atoms with van der Waals surface area (Å²) in [5, 5.41) is 4.02. The zero-order chi connectivity index (χ0) is 9.84. The zero-order valence-corrected chi connectivity index (χ0v) is 7.95. The van der Waals surface area contributed by atoms with Gasteiger partial charge in [-0.2, -0.15) is 4.68 Å². The highest BCUT2D eigenvalue weighted by Crippen LogP contribution is 1.98. The van der Waals surface area contributed by atoms with Gasteiger partial charge in [0.1, 0.15) is 6.33 Å². The Labute approximate surface area is 77.3 Å². The van der Waals surface area contributed by atoms with Crippen molar-refractivity contribution in [2.45, 2.75) is 26.7 Å². The third-order valence-electron chi connectivity index (χ3n) is 1.59. The third kappa shape index (κ3) is 2.24. The van der Waals surface area contributed by atoms with Gasteiger partial charge in [0.05, 0.1) is 0 Å². The molecule has 0 aliphatic carbocycles. The molecule has 0 spiro atoms. The smallest absolute Gasteiger partial charge is 0.267 e. The summed E-state index contributed by atoms with van der Waals surface area (Å²) in [6.07, 6.45) is 3.21. The Morgan fingerprint density at radius 2 is 2.38 bits per heavy atom. The van der Waals surface area contributed by atoms with Crippen molar-refractivity contribution in [3.8, 4) is 0 Å². The van der Waals surface area contributed by atoms with Crippen molar-refractivity contribution in [2.24, 2.45) is 0 Å². The summed E-state index contributed by atoms with van der Waals surface area (Å²) in [6.45, 7) is 7.25. The van der Waals surface area contributed by atoms with Crippen molar-refractivity contribution < 1.29 is 4.79 Å². The van der Waals surface area contributed by atoms with Crippen molar-refractivity contribution in [1.82, 2.24) is 14.8 Å². The van der Waals surface area contributed by atoms with E-state index in [9.17, 15) is 4.79 Å². The summed E-state index contributed by atoms with van der Waals surface area (Å²) in [5.41, 5.74) is 0.466. The molecule has 13 heavy (non-hydrogen) atoms. The molecule has 1 aromatic rings. The van der Waals surface area contributed by atoms with Crippen molar-refractivity contribution in [3.05, 3.63) is 24.3 Å². The SMILES string of the molecule is C=C(C)C(=O)n1cnc(CCC)n1. The number of carbonyl (C=O) groups excluding carboxylic acids is 1. The van der Waals surface area contributed by atoms with E-state index >= 15 is 0 Å². The third-order valence-corrected chi connectivity index (χ3v) is 1.59. The Kier molecular flexibility index (Phi) is 2.95. The van der Waals surface area contributed by atoms with Crippen LogP contribution in [0.3, 0.4) is 0 Å². The van der Waals surface area contributed by atoms with Gasteiger partial charge in [-0.15, -0.1) is 5.10 Å². The predicted octanol–water partition coefficient (Wildman–Crippen LogP) is 1.45. The summed E-state index contributed by atoms with van der Waals surface area (Å²) in [7, 11) is 0. The van der Waals surface area contributed by atoms with E-state index in [0.29, 0.717) is 11.4 Å². The Bertz CT molecular complexity index is 327. The molecule has 0 unspecified atom stereocenters. The number of rotatable bonds is 3. The van der Waals surface area contributed by atoms with Gasteiger partial charge in [-0.1, -0.05) is 13.5 Å². The van der Waals surface area contributed by atoms with Crippen LogP contribution in [0.2, 0.25) is 0 Å². The van der Waals surface area contributed by atoms with E-state index in [2.05, 4.69) is 16.7 Å². The molecule has 0 amide bonds. The molecular formula is C9H13N3O. The molecule has 1 heterocycles. The summed E-state index contributed by atoms with van der Waals surface area (Å²) < 4.78 is 1.23. The molecule has 0 aliphatic heterocycles. The highest BCUT2D eigenvalue weighted by molar-refractivity contribution is 5.93. The van der Waals surface area contributed by atoms with Gasteiger partial charge in [-0.05, 0) is 13.3 Å². The van der Waals surface area contributed by atoms with Crippen LogP contribution >= 0.6 is 0 Å². The zero-order valence-electron chi connectivity index (χ0n) is 7.95. The van der Waals surface area contributed by atoms with E-state index in [1.807, 2.05) is 6.92 Å². The summed E-state index contributed by atoms with van der Waals surface area (Å²) in [6, 6.07) is 0. The Morgan fingerprint density at radius 1 is 1.69 bits per heavy atom. The normalized spacial score (nSPS) is 10.0. The molecule has 0 aliphatic rings. The maximum atomic E-state index is 11.3. The second kappa shape index (κ2) is 3.98. The minimum atomic E-state index is -0.199. The van der Waals surface area contributed by atoms with E-state index in [1.165, 1.54) is 11.0 Å². The van der Waals surface area contributed by atoms with Gasteiger partial charge in [-0.3, -0.25) is 4.79 Å². The number of aryl methyl sites for hydroxylation is 1. The molecule has 1 aromatic heterocycles. The maximum Gasteiger partial charge on any atom is 0.274 e. The van der Waals surface area contributed by atoms with Crippen LogP contribution in [0, 0.1) is 0 Å². The van der Waals surface area contributed by atoms with Crippen LogP contribution in [0.25, 0.3) is 0 Å². The lowest BCUT2D eigenvalue weighted by molar-refractivity contribution is 0.0940. The van der Waals surface area contributed by atoms with Gasteiger partial charge >= 0.3 is 0 Å². The van der Waals surface area contributed by atoms with Crippen molar-refractivity contribution in [2.75, 3.05) is 0 Å². The monoisotopic (exact) mass is 179 g/mol. The van der Waals surface area contributed by atoms with Crippen LogP contribution in [-0.4, -0.2) is 20.7 Å². The molecule has 0 saturated carbocycles. The first-order valence-electron chi connectivity index (χ1n) is 4.26. The topological polar surface area (TPSA) is 47.8 Å². The number of allylic oxidation sites excluding steroid dienone is 1. The molecule has 0 aromatic carbocycles. The van der Waals surface area contributed by atoms with Crippen molar-refractivity contribution >= 4 is 5.91 Å². The molecule has 0 saturated heterocycles. The molecule has 0 N–H and O–H groups in total. The molecule has 0 radical (unpaired) electrons. The first kappa shape index (κ1) is 9.64. The fourth-order valence-corrected chi connectivity index (χ4v) is 0.929. The van der Waals surface area contributed by atoms with Crippen LogP contribution < -0.4 is 0 Å². The average molecular weight is 179 g/mol. The largest absolute Gasteiger partial charge is 0.274 e. The van der Waals surface area contributed by atoms with Gasteiger partial charge in [0.2, 0.25) is 0 Å². The van der Waals surface area contributed by atoms with E-state index in [-0.39, 0.29) is 5.91 Å². The average Bonchev–Trinajstić information content (AvgIpc) is 2.52. The molecular weight excluding hydrogens is 166 g/mol. The van der Waals surface area contributed by atoms with E-state index in [4.69, 9.17) is 0 Å². The summed E-state index contributed by atoms with van der Waals surface area (Å²) >= 11 is 0. The molecule has 4 heteroatoms. The number of hydrogen-bond donors (Lipinski definition) is 0. The molecule has 1 rings (SSSR count). The molecule has 4 nitrogen and oxygen atoms in total. The van der Waals surface area contributed by atoms with E-state index in [1.54, 1.807) is 6.92 Å². The summed E-state index contributed by atoms with van der Waals surface area (Å²) in [4.78, 5) is 15.3. The fraction of sp³-hybridized carbons (Fsp3) is 0.444.